The minimum Gasteiger partial charge on any atom is -0.298 e. The summed E-state index contributed by atoms with van der Waals surface area (Å²) in [7, 11) is 0. The Morgan fingerprint density at radius 1 is 1.64 bits per heavy atom. The number of rotatable bonds is 2. The van der Waals surface area contributed by atoms with Crippen molar-refractivity contribution in [2.75, 3.05) is 11.5 Å². The predicted octanol–water partition coefficient (Wildman–Crippen LogP) is 1.49. The van der Waals surface area contributed by atoms with Crippen molar-refractivity contribution >= 4 is 11.8 Å². The largest absolute Gasteiger partial charge is 0.298 e. The van der Waals surface area contributed by atoms with Gasteiger partial charge < -0.3 is 0 Å². The molecule has 1 unspecified atom stereocenters. The van der Waals surface area contributed by atoms with Crippen LogP contribution in [0.1, 0.15) is 20.3 Å². The first kappa shape index (κ1) is 8.96. The van der Waals surface area contributed by atoms with Gasteiger partial charge in [-0.25, -0.2) is 0 Å². The van der Waals surface area contributed by atoms with Gasteiger partial charge in [-0.15, -0.1) is 6.42 Å². The van der Waals surface area contributed by atoms with Crippen molar-refractivity contribution in [3.63, 3.8) is 0 Å². The second-order valence-corrected chi connectivity index (χ2v) is 4.62. The van der Waals surface area contributed by atoms with Gasteiger partial charge in [0.25, 0.3) is 0 Å². The molecular weight excluding hydrogens is 154 g/mol. The molecular formula is C9H15NS. The normalized spacial score (nSPS) is 25.0. The number of thioether (sulfide) groups is 1. The Morgan fingerprint density at radius 3 is 2.82 bits per heavy atom. The van der Waals surface area contributed by atoms with Gasteiger partial charge in [0.15, 0.2) is 0 Å². The van der Waals surface area contributed by atoms with Gasteiger partial charge >= 0.3 is 0 Å². The average Bonchev–Trinajstić information content (AvgIpc) is 2.39. The number of terminal acetylenes is 1. The van der Waals surface area contributed by atoms with Crippen LogP contribution < -0.4 is 5.32 Å². The lowest BCUT2D eigenvalue weighted by atomic mass is 10.1. The fourth-order valence-electron chi connectivity index (χ4n) is 1.20. The van der Waals surface area contributed by atoms with Gasteiger partial charge in [-0.05, 0) is 26.0 Å². The molecule has 1 fully saturated rings. The second-order valence-electron chi connectivity index (χ2n) is 3.47. The van der Waals surface area contributed by atoms with Gasteiger partial charge in [0.2, 0.25) is 0 Å². The Hall–Kier alpha value is -0.130. The van der Waals surface area contributed by atoms with Gasteiger partial charge in [0.1, 0.15) is 0 Å². The summed E-state index contributed by atoms with van der Waals surface area (Å²) >= 11 is 2.00. The zero-order valence-electron chi connectivity index (χ0n) is 7.18. The fraction of sp³-hybridized carbons (Fsp3) is 0.778. The summed E-state index contributed by atoms with van der Waals surface area (Å²) < 4.78 is 0. The molecule has 0 bridgehead atoms. The smallest absolute Gasteiger partial charge is 0.0743 e. The molecule has 1 aliphatic heterocycles. The van der Waals surface area contributed by atoms with E-state index in [-0.39, 0.29) is 5.54 Å². The maximum atomic E-state index is 5.37. The van der Waals surface area contributed by atoms with Crippen molar-refractivity contribution in [2.45, 2.75) is 31.8 Å². The molecule has 1 nitrogen and oxygen atoms in total. The maximum Gasteiger partial charge on any atom is 0.0743 e. The summed E-state index contributed by atoms with van der Waals surface area (Å²) in [5.74, 6) is 5.24. The van der Waals surface area contributed by atoms with Crippen molar-refractivity contribution in [3.8, 4) is 12.3 Å². The van der Waals surface area contributed by atoms with Crippen LogP contribution in [0, 0.1) is 12.3 Å². The Morgan fingerprint density at radius 2 is 2.36 bits per heavy atom. The molecule has 11 heavy (non-hydrogen) atoms. The van der Waals surface area contributed by atoms with Crippen LogP contribution >= 0.6 is 11.8 Å². The predicted molar refractivity (Wildman–Crippen MR) is 51.8 cm³/mol. The van der Waals surface area contributed by atoms with Crippen molar-refractivity contribution < 1.29 is 0 Å². The minimum absolute atomic E-state index is 0.129. The first-order valence-corrected chi connectivity index (χ1v) is 5.13. The maximum absolute atomic E-state index is 5.37. The van der Waals surface area contributed by atoms with Gasteiger partial charge in [-0.1, -0.05) is 5.92 Å². The van der Waals surface area contributed by atoms with Crippen LogP contribution in [-0.2, 0) is 0 Å². The number of hydrogen-bond donors (Lipinski definition) is 1. The molecule has 1 saturated heterocycles. The quantitative estimate of drug-likeness (QED) is 0.629. The number of nitrogens with one attached hydrogen (secondary N) is 1. The van der Waals surface area contributed by atoms with E-state index < -0.39 is 0 Å². The Kier molecular flexibility index (Phi) is 2.86. The van der Waals surface area contributed by atoms with E-state index in [1.54, 1.807) is 0 Å². The molecule has 0 amide bonds. The van der Waals surface area contributed by atoms with E-state index in [9.17, 15) is 0 Å². The van der Waals surface area contributed by atoms with Crippen LogP contribution in [0.2, 0.25) is 0 Å². The molecule has 2 heteroatoms. The van der Waals surface area contributed by atoms with E-state index in [1.165, 1.54) is 17.9 Å². The molecule has 1 atom stereocenters. The minimum atomic E-state index is -0.129. The molecule has 0 aromatic rings. The summed E-state index contributed by atoms with van der Waals surface area (Å²) in [6.45, 7) is 4.10. The molecule has 1 heterocycles. The van der Waals surface area contributed by atoms with E-state index in [4.69, 9.17) is 6.42 Å². The molecule has 0 spiro atoms. The fourth-order valence-corrected chi connectivity index (χ4v) is 2.35. The topological polar surface area (TPSA) is 12.0 Å². The molecule has 0 aromatic heterocycles. The molecule has 1 N–H and O–H groups in total. The van der Waals surface area contributed by atoms with E-state index in [0.29, 0.717) is 6.04 Å². The first-order valence-electron chi connectivity index (χ1n) is 3.97. The summed E-state index contributed by atoms with van der Waals surface area (Å²) in [5.41, 5.74) is -0.129. The van der Waals surface area contributed by atoms with Gasteiger partial charge in [-0.2, -0.15) is 11.8 Å². The molecule has 0 aromatic carbocycles. The summed E-state index contributed by atoms with van der Waals surface area (Å²) in [6, 6.07) is 0.631. The lowest BCUT2D eigenvalue weighted by molar-refractivity contribution is 0.427. The highest BCUT2D eigenvalue weighted by Crippen LogP contribution is 2.19. The monoisotopic (exact) mass is 169 g/mol. The molecule has 0 saturated carbocycles. The highest BCUT2D eigenvalue weighted by atomic mass is 32.2. The summed E-state index contributed by atoms with van der Waals surface area (Å²) in [6.07, 6.45) is 6.62. The van der Waals surface area contributed by atoms with Crippen molar-refractivity contribution in [1.29, 1.82) is 0 Å². The SMILES string of the molecule is C#CC(C)(C)NC1CCSC1. The lowest BCUT2D eigenvalue weighted by Crippen LogP contribution is -2.44. The highest BCUT2D eigenvalue weighted by Gasteiger charge is 2.22. The van der Waals surface area contributed by atoms with Crippen molar-refractivity contribution in [3.05, 3.63) is 0 Å². The third kappa shape index (κ3) is 2.76. The Bertz CT molecular complexity index is 163. The summed E-state index contributed by atoms with van der Waals surface area (Å²) in [4.78, 5) is 0. The van der Waals surface area contributed by atoms with Crippen molar-refractivity contribution in [2.24, 2.45) is 0 Å². The molecule has 0 aliphatic carbocycles. The van der Waals surface area contributed by atoms with Gasteiger partial charge in [0, 0.05) is 11.8 Å². The van der Waals surface area contributed by atoms with E-state index in [1.807, 2.05) is 11.8 Å². The molecule has 1 rings (SSSR count). The first-order chi connectivity index (χ1) is 5.14. The zero-order chi connectivity index (χ0) is 8.32. The average molecular weight is 169 g/mol. The zero-order valence-corrected chi connectivity index (χ0v) is 8.00. The van der Waals surface area contributed by atoms with E-state index >= 15 is 0 Å². The number of hydrogen-bond acceptors (Lipinski definition) is 2. The van der Waals surface area contributed by atoms with Gasteiger partial charge in [-0.3, -0.25) is 5.32 Å². The van der Waals surface area contributed by atoms with Crippen LogP contribution in [0.25, 0.3) is 0 Å². The van der Waals surface area contributed by atoms with Crippen molar-refractivity contribution in [1.82, 2.24) is 5.32 Å². The second kappa shape index (κ2) is 3.51. The molecule has 1 aliphatic rings. The van der Waals surface area contributed by atoms with Crippen LogP contribution in [0.5, 0.6) is 0 Å². The van der Waals surface area contributed by atoms with Gasteiger partial charge in [0.05, 0.1) is 5.54 Å². The standard InChI is InChI=1S/C9H15NS/c1-4-9(2,3)10-8-5-6-11-7-8/h1,8,10H,5-7H2,2-3H3. The highest BCUT2D eigenvalue weighted by molar-refractivity contribution is 7.99. The van der Waals surface area contributed by atoms with Crippen LogP contribution in [0.15, 0.2) is 0 Å². The molecule has 62 valence electrons. The van der Waals surface area contributed by atoms with E-state index in [0.717, 1.165) is 0 Å². The molecule has 0 radical (unpaired) electrons. The third-order valence-corrected chi connectivity index (χ3v) is 3.02. The Balaban J connectivity index is 2.35. The third-order valence-electron chi connectivity index (χ3n) is 1.86. The van der Waals surface area contributed by atoms with Crippen LogP contribution in [0.3, 0.4) is 0 Å². The van der Waals surface area contributed by atoms with Crippen LogP contribution in [0.4, 0.5) is 0 Å². The summed E-state index contributed by atoms with van der Waals surface area (Å²) in [5, 5.41) is 3.45. The van der Waals surface area contributed by atoms with Crippen LogP contribution in [-0.4, -0.2) is 23.1 Å². The van der Waals surface area contributed by atoms with E-state index in [2.05, 4.69) is 25.1 Å². The Labute approximate surface area is 73.3 Å². The lowest BCUT2D eigenvalue weighted by Gasteiger charge is -2.24.